The summed E-state index contributed by atoms with van der Waals surface area (Å²) in [5.74, 6) is 0.948. The Labute approximate surface area is 121 Å². The average molecular weight is 272 g/mol. The summed E-state index contributed by atoms with van der Waals surface area (Å²) in [6, 6.07) is 10.9. The van der Waals surface area contributed by atoms with Crippen LogP contribution in [0.5, 0.6) is 0 Å². The summed E-state index contributed by atoms with van der Waals surface area (Å²) < 4.78 is 0. The maximum atomic E-state index is 12.6. The average Bonchev–Trinajstić information content (AvgIpc) is 3.31. The van der Waals surface area contributed by atoms with Crippen molar-refractivity contribution in [2.75, 3.05) is 13.1 Å². The monoisotopic (exact) mass is 272 g/mol. The summed E-state index contributed by atoms with van der Waals surface area (Å²) in [6.45, 7) is 2.93. The van der Waals surface area contributed by atoms with Gasteiger partial charge in [-0.15, -0.1) is 0 Å². The second kappa shape index (κ2) is 6.40. The summed E-state index contributed by atoms with van der Waals surface area (Å²) in [7, 11) is 0. The molecule has 1 saturated heterocycles. The van der Waals surface area contributed by atoms with Crippen LogP contribution in [0, 0.1) is 5.92 Å². The predicted octanol–water partition coefficient (Wildman–Crippen LogP) is 2.57. The zero-order valence-corrected chi connectivity index (χ0v) is 12.1. The van der Waals surface area contributed by atoms with Gasteiger partial charge in [0, 0.05) is 19.0 Å². The molecule has 3 heteroatoms. The second-order valence-corrected chi connectivity index (χ2v) is 6.14. The highest BCUT2D eigenvalue weighted by atomic mass is 16.2. The van der Waals surface area contributed by atoms with Crippen molar-refractivity contribution < 1.29 is 4.79 Å². The van der Waals surface area contributed by atoms with Crippen LogP contribution in [0.3, 0.4) is 0 Å². The van der Waals surface area contributed by atoms with E-state index in [-0.39, 0.29) is 0 Å². The molecular formula is C17H24N2O. The van der Waals surface area contributed by atoms with E-state index >= 15 is 0 Å². The lowest BCUT2D eigenvalue weighted by atomic mass is 9.94. The van der Waals surface area contributed by atoms with E-state index in [9.17, 15) is 4.79 Å². The number of amides is 1. The van der Waals surface area contributed by atoms with Gasteiger partial charge in [0.05, 0.1) is 0 Å². The highest BCUT2D eigenvalue weighted by molar-refractivity contribution is 5.77. The van der Waals surface area contributed by atoms with Crippen molar-refractivity contribution in [3.8, 4) is 0 Å². The molecule has 0 spiro atoms. The van der Waals surface area contributed by atoms with Crippen LogP contribution in [0.1, 0.15) is 37.7 Å². The number of hydrogen-bond donors (Lipinski definition) is 1. The molecule has 1 amide bonds. The molecule has 0 aromatic heterocycles. The van der Waals surface area contributed by atoms with Crippen molar-refractivity contribution >= 4 is 5.91 Å². The van der Waals surface area contributed by atoms with Gasteiger partial charge in [0.15, 0.2) is 0 Å². The minimum Gasteiger partial charge on any atom is -0.335 e. The standard InChI is InChI=1S/C17H24N2O/c20-17(12-14-8-10-18-11-9-14)19(16-6-7-16)13-15-4-2-1-3-5-15/h1-5,14,16,18H,6-13H2. The topological polar surface area (TPSA) is 32.3 Å². The zero-order valence-electron chi connectivity index (χ0n) is 12.1. The van der Waals surface area contributed by atoms with Crippen molar-refractivity contribution in [2.45, 2.75) is 44.7 Å². The van der Waals surface area contributed by atoms with Gasteiger partial charge in [0.1, 0.15) is 0 Å². The smallest absolute Gasteiger partial charge is 0.223 e. The maximum Gasteiger partial charge on any atom is 0.223 e. The summed E-state index contributed by atoms with van der Waals surface area (Å²) >= 11 is 0. The molecule has 20 heavy (non-hydrogen) atoms. The Morgan fingerprint density at radius 3 is 2.45 bits per heavy atom. The van der Waals surface area contributed by atoms with Gasteiger partial charge < -0.3 is 10.2 Å². The molecule has 1 heterocycles. The molecular weight excluding hydrogens is 248 g/mol. The van der Waals surface area contributed by atoms with E-state index < -0.39 is 0 Å². The molecule has 2 fully saturated rings. The van der Waals surface area contributed by atoms with Crippen molar-refractivity contribution in [1.82, 2.24) is 10.2 Å². The minimum atomic E-state index is 0.364. The number of piperidine rings is 1. The highest BCUT2D eigenvalue weighted by Crippen LogP contribution is 2.30. The van der Waals surface area contributed by atoms with Crippen LogP contribution < -0.4 is 5.32 Å². The Kier molecular flexibility index (Phi) is 4.36. The molecule has 0 radical (unpaired) electrons. The second-order valence-electron chi connectivity index (χ2n) is 6.14. The molecule has 1 aromatic rings. The third kappa shape index (κ3) is 3.60. The number of nitrogens with one attached hydrogen (secondary N) is 1. The van der Waals surface area contributed by atoms with Gasteiger partial charge in [-0.2, -0.15) is 0 Å². The molecule has 1 N–H and O–H groups in total. The van der Waals surface area contributed by atoms with Crippen molar-refractivity contribution in [3.05, 3.63) is 35.9 Å². The number of benzene rings is 1. The van der Waals surface area contributed by atoms with Crippen LogP contribution in [0.2, 0.25) is 0 Å². The number of rotatable bonds is 5. The van der Waals surface area contributed by atoms with Crippen LogP contribution in [0.15, 0.2) is 30.3 Å². The van der Waals surface area contributed by atoms with Crippen LogP contribution >= 0.6 is 0 Å². The third-order valence-electron chi connectivity index (χ3n) is 4.43. The van der Waals surface area contributed by atoms with Crippen LogP contribution in [-0.4, -0.2) is 29.9 Å². The molecule has 1 aliphatic carbocycles. The number of carbonyl (C=O) groups excluding carboxylic acids is 1. The van der Waals surface area contributed by atoms with E-state index in [0.29, 0.717) is 17.9 Å². The van der Waals surface area contributed by atoms with Gasteiger partial charge in [-0.1, -0.05) is 30.3 Å². The Balaban J connectivity index is 1.59. The van der Waals surface area contributed by atoms with Gasteiger partial charge in [0.2, 0.25) is 5.91 Å². The maximum absolute atomic E-state index is 12.6. The van der Waals surface area contributed by atoms with Gasteiger partial charge in [-0.25, -0.2) is 0 Å². The molecule has 0 bridgehead atoms. The lowest BCUT2D eigenvalue weighted by molar-refractivity contribution is -0.133. The summed E-state index contributed by atoms with van der Waals surface area (Å²) in [5, 5.41) is 3.37. The molecule has 1 saturated carbocycles. The van der Waals surface area contributed by atoms with E-state index in [0.717, 1.165) is 38.9 Å². The van der Waals surface area contributed by atoms with Crippen molar-refractivity contribution in [1.29, 1.82) is 0 Å². The lowest BCUT2D eigenvalue weighted by Gasteiger charge is -2.27. The zero-order chi connectivity index (χ0) is 13.8. The first-order valence-corrected chi connectivity index (χ1v) is 7.87. The van der Waals surface area contributed by atoms with Crippen LogP contribution in [0.4, 0.5) is 0 Å². The Morgan fingerprint density at radius 2 is 1.80 bits per heavy atom. The summed E-state index contributed by atoms with van der Waals surface area (Å²) in [4.78, 5) is 14.7. The Morgan fingerprint density at radius 1 is 1.10 bits per heavy atom. The molecule has 3 nitrogen and oxygen atoms in total. The van der Waals surface area contributed by atoms with Gasteiger partial charge >= 0.3 is 0 Å². The largest absolute Gasteiger partial charge is 0.335 e. The Bertz CT molecular complexity index is 436. The fourth-order valence-electron chi connectivity index (χ4n) is 3.04. The molecule has 2 aliphatic rings. The predicted molar refractivity (Wildman–Crippen MR) is 80.2 cm³/mol. The van der Waals surface area contributed by atoms with E-state index in [1.165, 1.54) is 18.4 Å². The number of carbonyl (C=O) groups is 1. The SMILES string of the molecule is O=C(CC1CCNCC1)N(Cc1ccccc1)C1CC1. The van der Waals surface area contributed by atoms with Crippen molar-refractivity contribution in [2.24, 2.45) is 5.92 Å². The summed E-state index contributed by atoms with van der Waals surface area (Å²) in [6.07, 6.45) is 5.41. The van der Waals surface area contributed by atoms with Crippen LogP contribution in [-0.2, 0) is 11.3 Å². The van der Waals surface area contributed by atoms with Gasteiger partial charge in [0.25, 0.3) is 0 Å². The summed E-state index contributed by atoms with van der Waals surface area (Å²) in [5.41, 5.74) is 1.25. The first kappa shape index (κ1) is 13.6. The van der Waals surface area contributed by atoms with Crippen molar-refractivity contribution in [3.63, 3.8) is 0 Å². The highest BCUT2D eigenvalue weighted by Gasteiger charge is 2.33. The van der Waals surface area contributed by atoms with E-state index in [1.807, 2.05) is 6.07 Å². The minimum absolute atomic E-state index is 0.364. The van der Waals surface area contributed by atoms with E-state index in [1.54, 1.807) is 0 Å². The Hall–Kier alpha value is -1.35. The quantitative estimate of drug-likeness (QED) is 0.893. The molecule has 0 atom stereocenters. The normalized spacial score (nSPS) is 19.8. The van der Waals surface area contributed by atoms with E-state index in [4.69, 9.17) is 0 Å². The van der Waals surface area contributed by atoms with E-state index in [2.05, 4.69) is 34.5 Å². The number of nitrogens with zero attached hydrogens (tertiary/aromatic N) is 1. The third-order valence-corrected chi connectivity index (χ3v) is 4.43. The number of hydrogen-bond acceptors (Lipinski definition) is 2. The fourth-order valence-corrected chi connectivity index (χ4v) is 3.04. The molecule has 108 valence electrons. The fraction of sp³-hybridized carbons (Fsp3) is 0.588. The lowest BCUT2D eigenvalue weighted by Crippen LogP contribution is -2.36. The van der Waals surface area contributed by atoms with Crippen LogP contribution in [0.25, 0.3) is 0 Å². The van der Waals surface area contributed by atoms with Gasteiger partial charge in [-0.3, -0.25) is 4.79 Å². The molecule has 3 rings (SSSR count). The molecule has 1 aliphatic heterocycles. The first-order valence-electron chi connectivity index (χ1n) is 7.87. The molecule has 1 aromatic carbocycles. The molecule has 0 unspecified atom stereocenters. The first-order chi connectivity index (χ1) is 9.83. The van der Waals surface area contributed by atoms with Gasteiger partial charge in [-0.05, 0) is 50.3 Å².